The molecule has 146 valence electrons. The lowest BCUT2D eigenvalue weighted by Gasteiger charge is -2.25. The zero-order valence-corrected chi connectivity index (χ0v) is 16.6. The Morgan fingerprint density at radius 3 is 2.30 bits per heavy atom. The first-order valence-electron chi connectivity index (χ1n) is 8.30. The molecule has 8 heteroatoms. The summed E-state index contributed by atoms with van der Waals surface area (Å²) in [4.78, 5) is 11.9. The Balaban J connectivity index is 2.55. The van der Waals surface area contributed by atoms with Crippen molar-refractivity contribution in [1.29, 1.82) is 0 Å². The predicted molar refractivity (Wildman–Crippen MR) is 102 cm³/mol. The summed E-state index contributed by atoms with van der Waals surface area (Å²) in [5.74, 6) is 0.205. The number of hydrogen-bond acceptors (Lipinski definition) is 6. The van der Waals surface area contributed by atoms with E-state index < -0.39 is 22.5 Å². The van der Waals surface area contributed by atoms with Gasteiger partial charge in [-0.1, -0.05) is 6.07 Å². The molecule has 0 bridgehead atoms. The van der Waals surface area contributed by atoms with Gasteiger partial charge in [0, 0.05) is 0 Å². The number of hydrogen-bond donors (Lipinski definition) is 0. The van der Waals surface area contributed by atoms with Gasteiger partial charge in [0.2, 0.25) is 0 Å². The zero-order valence-electron chi connectivity index (χ0n) is 15.8. The molecule has 0 N–H and O–H groups in total. The largest absolute Gasteiger partial charge is 0.495 e. The molecule has 0 heterocycles. The lowest BCUT2D eigenvalue weighted by atomic mass is 10.2. The van der Waals surface area contributed by atoms with Crippen LogP contribution in [0.1, 0.15) is 12.5 Å². The second-order valence-corrected chi connectivity index (χ2v) is 7.53. The smallest absolute Gasteiger partial charge is 0.326 e. The quantitative estimate of drug-likeness (QED) is 0.642. The number of nitrogens with zero attached hydrogens (tertiary/aromatic N) is 1. The van der Waals surface area contributed by atoms with Gasteiger partial charge in [0.25, 0.3) is 10.0 Å². The number of aryl methyl sites for hydroxylation is 1. The zero-order chi connectivity index (χ0) is 20.0. The van der Waals surface area contributed by atoms with Crippen molar-refractivity contribution in [1.82, 2.24) is 0 Å². The average molecular weight is 393 g/mol. The SMILES string of the molecule is CCOc1ccc(S(=O)(=O)N(CC(=O)OC)c2cc(C)ccc2OC)cc1. The summed E-state index contributed by atoms with van der Waals surface area (Å²) in [5.41, 5.74) is 1.08. The molecular formula is C19H23NO6S. The van der Waals surface area contributed by atoms with E-state index in [4.69, 9.17) is 9.47 Å². The fraction of sp³-hybridized carbons (Fsp3) is 0.316. The lowest BCUT2D eigenvalue weighted by molar-refractivity contribution is -0.138. The third-order valence-electron chi connectivity index (χ3n) is 3.83. The second kappa shape index (κ2) is 8.77. The summed E-state index contributed by atoms with van der Waals surface area (Å²) in [6, 6.07) is 11.1. The van der Waals surface area contributed by atoms with Crippen LogP contribution in [0.15, 0.2) is 47.4 Å². The minimum atomic E-state index is -4.04. The van der Waals surface area contributed by atoms with E-state index in [-0.39, 0.29) is 10.6 Å². The van der Waals surface area contributed by atoms with Crippen LogP contribution in [-0.4, -0.2) is 41.8 Å². The molecule has 0 aliphatic heterocycles. The molecule has 0 aliphatic rings. The molecule has 0 aliphatic carbocycles. The van der Waals surface area contributed by atoms with Crippen molar-refractivity contribution < 1.29 is 27.4 Å². The third-order valence-corrected chi connectivity index (χ3v) is 5.60. The van der Waals surface area contributed by atoms with E-state index in [9.17, 15) is 13.2 Å². The molecule has 0 aromatic heterocycles. The predicted octanol–water partition coefficient (Wildman–Crippen LogP) is 2.77. The van der Waals surface area contributed by atoms with Crippen LogP contribution < -0.4 is 13.8 Å². The van der Waals surface area contributed by atoms with Crippen molar-refractivity contribution >= 4 is 21.7 Å². The van der Waals surface area contributed by atoms with E-state index >= 15 is 0 Å². The monoisotopic (exact) mass is 393 g/mol. The van der Waals surface area contributed by atoms with Gasteiger partial charge < -0.3 is 14.2 Å². The molecule has 27 heavy (non-hydrogen) atoms. The highest BCUT2D eigenvalue weighted by molar-refractivity contribution is 7.92. The van der Waals surface area contributed by atoms with E-state index in [0.717, 1.165) is 9.87 Å². The molecule has 0 spiro atoms. The minimum Gasteiger partial charge on any atom is -0.495 e. The first kappa shape index (κ1) is 20.6. The van der Waals surface area contributed by atoms with E-state index in [1.807, 2.05) is 13.8 Å². The van der Waals surface area contributed by atoms with Gasteiger partial charge in [0.1, 0.15) is 18.0 Å². The van der Waals surface area contributed by atoms with Crippen LogP contribution in [0.5, 0.6) is 11.5 Å². The number of carbonyl (C=O) groups is 1. The number of sulfonamides is 1. The standard InChI is InChI=1S/C19H23NO6S/c1-5-26-15-7-9-16(10-8-15)27(22,23)20(13-19(21)25-4)17-12-14(2)6-11-18(17)24-3/h6-12H,5,13H2,1-4H3. The van der Waals surface area contributed by atoms with E-state index in [0.29, 0.717) is 18.1 Å². The number of benzene rings is 2. The van der Waals surface area contributed by atoms with Gasteiger partial charge in [0.05, 0.1) is 31.4 Å². The second-order valence-electron chi connectivity index (χ2n) is 5.67. The van der Waals surface area contributed by atoms with Crippen molar-refractivity contribution in [3.05, 3.63) is 48.0 Å². The van der Waals surface area contributed by atoms with Crippen LogP contribution in [-0.2, 0) is 19.6 Å². The molecule has 0 atom stereocenters. The van der Waals surface area contributed by atoms with Crippen molar-refractivity contribution in [3.8, 4) is 11.5 Å². The number of anilines is 1. The Morgan fingerprint density at radius 1 is 1.07 bits per heavy atom. The maximum Gasteiger partial charge on any atom is 0.326 e. The van der Waals surface area contributed by atoms with Gasteiger partial charge in [-0.3, -0.25) is 9.10 Å². The highest BCUT2D eigenvalue weighted by atomic mass is 32.2. The average Bonchev–Trinajstić information content (AvgIpc) is 2.66. The number of ether oxygens (including phenoxy) is 3. The summed E-state index contributed by atoms with van der Waals surface area (Å²) in [6.45, 7) is 3.66. The van der Waals surface area contributed by atoms with Gasteiger partial charge in [-0.25, -0.2) is 8.42 Å². The maximum atomic E-state index is 13.3. The van der Waals surface area contributed by atoms with Crippen LogP contribution in [0.2, 0.25) is 0 Å². The van der Waals surface area contributed by atoms with Crippen molar-refractivity contribution in [2.24, 2.45) is 0 Å². The Morgan fingerprint density at radius 2 is 1.74 bits per heavy atom. The van der Waals surface area contributed by atoms with E-state index in [1.165, 1.54) is 26.4 Å². The summed E-state index contributed by atoms with van der Waals surface area (Å²) >= 11 is 0. The van der Waals surface area contributed by atoms with Gasteiger partial charge in [-0.2, -0.15) is 0 Å². The first-order valence-corrected chi connectivity index (χ1v) is 9.74. The molecule has 2 aromatic carbocycles. The highest BCUT2D eigenvalue weighted by Gasteiger charge is 2.30. The lowest BCUT2D eigenvalue weighted by Crippen LogP contribution is -2.36. The Hall–Kier alpha value is -2.74. The molecular weight excluding hydrogens is 370 g/mol. The molecule has 2 rings (SSSR count). The molecule has 2 aromatic rings. The highest BCUT2D eigenvalue weighted by Crippen LogP contribution is 2.33. The van der Waals surface area contributed by atoms with E-state index in [2.05, 4.69) is 4.74 Å². The van der Waals surface area contributed by atoms with Gasteiger partial charge >= 0.3 is 5.97 Å². The molecule has 7 nitrogen and oxygen atoms in total. The number of methoxy groups -OCH3 is 2. The molecule has 0 fully saturated rings. The number of carbonyl (C=O) groups excluding carboxylic acids is 1. The summed E-state index contributed by atoms with van der Waals surface area (Å²) in [6.07, 6.45) is 0. The molecule has 0 unspecified atom stereocenters. The number of rotatable bonds is 8. The molecule has 0 radical (unpaired) electrons. The van der Waals surface area contributed by atoms with Crippen molar-refractivity contribution in [2.75, 3.05) is 31.7 Å². The van der Waals surface area contributed by atoms with Crippen LogP contribution in [0.4, 0.5) is 5.69 Å². The summed E-state index contributed by atoms with van der Waals surface area (Å²) in [7, 11) is -1.40. The van der Waals surface area contributed by atoms with Gasteiger partial charge in [-0.15, -0.1) is 0 Å². The fourth-order valence-electron chi connectivity index (χ4n) is 2.48. The third kappa shape index (κ3) is 4.71. The van der Waals surface area contributed by atoms with Crippen molar-refractivity contribution in [2.45, 2.75) is 18.7 Å². The maximum absolute atomic E-state index is 13.3. The first-order chi connectivity index (χ1) is 12.8. The Bertz CT molecular complexity index is 893. The van der Waals surface area contributed by atoms with Gasteiger partial charge in [0.15, 0.2) is 0 Å². The van der Waals surface area contributed by atoms with Crippen LogP contribution in [0, 0.1) is 6.92 Å². The molecule has 0 saturated carbocycles. The van der Waals surface area contributed by atoms with Crippen molar-refractivity contribution in [3.63, 3.8) is 0 Å². The minimum absolute atomic E-state index is 0.0263. The normalized spacial score (nSPS) is 11.0. The number of esters is 1. The molecule has 0 amide bonds. The summed E-state index contributed by atoms with van der Waals surface area (Å²) in [5, 5.41) is 0. The van der Waals surface area contributed by atoms with Crippen LogP contribution in [0.3, 0.4) is 0 Å². The van der Waals surface area contributed by atoms with E-state index in [1.54, 1.807) is 30.3 Å². The van der Waals surface area contributed by atoms with Crippen LogP contribution in [0.25, 0.3) is 0 Å². The Labute approximate surface area is 159 Å². The fourth-order valence-corrected chi connectivity index (χ4v) is 3.89. The van der Waals surface area contributed by atoms with Crippen LogP contribution >= 0.6 is 0 Å². The Kier molecular flexibility index (Phi) is 6.68. The summed E-state index contributed by atoms with van der Waals surface area (Å²) < 4.78 is 42.8. The molecule has 0 saturated heterocycles. The van der Waals surface area contributed by atoms with Gasteiger partial charge in [-0.05, 0) is 55.8 Å². The topological polar surface area (TPSA) is 82.1 Å².